The van der Waals surface area contributed by atoms with Crippen LogP contribution in [0, 0.1) is 11.7 Å². The highest BCUT2D eigenvalue weighted by Gasteiger charge is 2.24. The second-order valence-corrected chi connectivity index (χ2v) is 6.12. The molecule has 1 atom stereocenters. The van der Waals surface area contributed by atoms with Crippen molar-refractivity contribution >= 4 is 0 Å². The predicted octanol–water partition coefficient (Wildman–Crippen LogP) is 3.06. The maximum Gasteiger partial charge on any atom is 0.123 e. The van der Waals surface area contributed by atoms with Crippen LogP contribution in [-0.4, -0.2) is 32.4 Å². The van der Waals surface area contributed by atoms with Gasteiger partial charge in [-0.2, -0.15) is 0 Å². The Morgan fingerprint density at radius 1 is 1.24 bits per heavy atom. The molecule has 1 N–H and O–H groups in total. The third-order valence-corrected chi connectivity index (χ3v) is 4.26. The van der Waals surface area contributed by atoms with Crippen molar-refractivity contribution in [3.63, 3.8) is 0 Å². The molecule has 1 aromatic carbocycles. The smallest absolute Gasteiger partial charge is 0.123 e. The fraction of sp³-hybridized carbons (Fsp3) is 0.647. The zero-order valence-corrected chi connectivity index (χ0v) is 12.4. The molecule has 0 aromatic heterocycles. The fourth-order valence-electron chi connectivity index (χ4n) is 2.71. The van der Waals surface area contributed by atoms with Crippen molar-refractivity contribution in [3.05, 3.63) is 35.6 Å². The number of ether oxygens (including phenoxy) is 2. The van der Waals surface area contributed by atoms with E-state index in [9.17, 15) is 4.39 Å². The van der Waals surface area contributed by atoms with Crippen LogP contribution < -0.4 is 5.32 Å². The van der Waals surface area contributed by atoms with Crippen LogP contribution >= 0.6 is 0 Å². The summed E-state index contributed by atoms with van der Waals surface area (Å²) in [6.45, 7) is 3.16. The summed E-state index contributed by atoms with van der Waals surface area (Å²) in [5.74, 6) is 0.370. The molecule has 4 heteroatoms. The summed E-state index contributed by atoms with van der Waals surface area (Å²) in [5.41, 5.74) is 0.926. The molecule has 0 radical (unpaired) electrons. The van der Waals surface area contributed by atoms with E-state index in [0.717, 1.165) is 44.8 Å². The molecular weight excluding hydrogens is 269 g/mol. The summed E-state index contributed by atoms with van der Waals surface area (Å²) in [5, 5.41) is 3.49. The fourth-order valence-corrected chi connectivity index (χ4v) is 2.71. The molecule has 1 saturated carbocycles. The number of hydrogen-bond donors (Lipinski definition) is 1. The predicted molar refractivity (Wildman–Crippen MR) is 79.7 cm³/mol. The molecule has 1 saturated heterocycles. The summed E-state index contributed by atoms with van der Waals surface area (Å²) in [4.78, 5) is 0. The van der Waals surface area contributed by atoms with Gasteiger partial charge in [0.1, 0.15) is 5.82 Å². The lowest BCUT2D eigenvalue weighted by atomic mass is 10.0. The Labute approximate surface area is 125 Å². The summed E-state index contributed by atoms with van der Waals surface area (Å²) in [6, 6.07) is 7.41. The van der Waals surface area contributed by atoms with Gasteiger partial charge in [-0.15, -0.1) is 0 Å². The van der Waals surface area contributed by atoms with Gasteiger partial charge < -0.3 is 14.8 Å². The Balaban J connectivity index is 1.57. The van der Waals surface area contributed by atoms with Crippen LogP contribution in [0.4, 0.5) is 4.39 Å². The van der Waals surface area contributed by atoms with E-state index < -0.39 is 0 Å². The van der Waals surface area contributed by atoms with Crippen LogP contribution in [0.2, 0.25) is 0 Å². The number of nitrogens with one attached hydrogen (secondary N) is 1. The van der Waals surface area contributed by atoms with Crippen LogP contribution in [0.1, 0.15) is 37.4 Å². The lowest BCUT2D eigenvalue weighted by Crippen LogP contribution is -2.28. The third kappa shape index (κ3) is 4.77. The molecule has 1 unspecified atom stereocenters. The van der Waals surface area contributed by atoms with Crippen molar-refractivity contribution in [1.29, 1.82) is 0 Å². The van der Waals surface area contributed by atoms with Gasteiger partial charge in [0, 0.05) is 25.8 Å². The molecule has 2 fully saturated rings. The lowest BCUT2D eigenvalue weighted by Gasteiger charge is -2.25. The first-order valence-electron chi connectivity index (χ1n) is 7.99. The van der Waals surface area contributed by atoms with Gasteiger partial charge in [0.05, 0.1) is 12.7 Å². The topological polar surface area (TPSA) is 30.5 Å². The van der Waals surface area contributed by atoms with Crippen molar-refractivity contribution in [1.82, 2.24) is 5.32 Å². The van der Waals surface area contributed by atoms with Gasteiger partial charge in [0.2, 0.25) is 0 Å². The Morgan fingerprint density at radius 2 is 2.05 bits per heavy atom. The molecule has 0 bridgehead atoms. The van der Waals surface area contributed by atoms with Crippen molar-refractivity contribution in [2.45, 2.75) is 37.8 Å². The van der Waals surface area contributed by atoms with E-state index in [1.807, 2.05) is 6.07 Å². The first-order valence-corrected chi connectivity index (χ1v) is 7.99. The van der Waals surface area contributed by atoms with E-state index in [1.54, 1.807) is 12.1 Å². The van der Waals surface area contributed by atoms with Gasteiger partial charge in [-0.05, 0) is 49.3 Å². The highest BCUT2D eigenvalue weighted by Crippen LogP contribution is 2.24. The Hall–Kier alpha value is -0.970. The van der Waals surface area contributed by atoms with Gasteiger partial charge >= 0.3 is 0 Å². The maximum absolute atomic E-state index is 13.4. The first kappa shape index (κ1) is 14.9. The van der Waals surface area contributed by atoms with Gasteiger partial charge in [-0.3, -0.25) is 0 Å². The second-order valence-electron chi connectivity index (χ2n) is 6.12. The maximum atomic E-state index is 13.4. The standard InChI is InChI=1S/C17H24FNO2/c18-15-3-1-2-14(10-15)17(11-19-16-4-5-16)21-12-13-6-8-20-9-7-13/h1-3,10,13,16-17,19H,4-9,11-12H2. The molecule has 1 aromatic rings. The zero-order valence-electron chi connectivity index (χ0n) is 12.4. The van der Waals surface area contributed by atoms with Crippen molar-refractivity contribution in [2.24, 2.45) is 5.92 Å². The van der Waals surface area contributed by atoms with Crippen molar-refractivity contribution in [2.75, 3.05) is 26.4 Å². The molecule has 3 nitrogen and oxygen atoms in total. The van der Waals surface area contributed by atoms with Crippen LogP contribution in [0.3, 0.4) is 0 Å². The summed E-state index contributed by atoms with van der Waals surface area (Å²) < 4.78 is 24.9. The normalized spacial score (nSPS) is 21.4. The van der Waals surface area contributed by atoms with Crippen molar-refractivity contribution in [3.8, 4) is 0 Å². The molecule has 1 aliphatic heterocycles. The summed E-state index contributed by atoms with van der Waals surface area (Å²) in [6.07, 6.45) is 4.55. The van der Waals surface area contributed by atoms with Crippen LogP contribution in [0.25, 0.3) is 0 Å². The van der Waals surface area contributed by atoms with Gasteiger partial charge in [0.15, 0.2) is 0 Å². The van der Waals surface area contributed by atoms with Crippen LogP contribution in [0.15, 0.2) is 24.3 Å². The molecule has 0 spiro atoms. The Bertz CT molecular complexity index is 444. The minimum atomic E-state index is -0.196. The van der Waals surface area contributed by atoms with Crippen molar-refractivity contribution < 1.29 is 13.9 Å². The summed E-state index contributed by atoms with van der Waals surface area (Å²) >= 11 is 0. The lowest BCUT2D eigenvalue weighted by molar-refractivity contribution is -0.0116. The largest absolute Gasteiger partial charge is 0.381 e. The molecule has 0 amide bonds. The molecule has 1 aliphatic carbocycles. The number of halogens is 1. The SMILES string of the molecule is Fc1cccc(C(CNC2CC2)OCC2CCOCC2)c1. The van der Waals surface area contributed by atoms with E-state index in [0.29, 0.717) is 12.0 Å². The molecule has 116 valence electrons. The third-order valence-electron chi connectivity index (χ3n) is 4.26. The molecule has 1 heterocycles. The van der Waals surface area contributed by atoms with E-state index in [2.05, 4.69) is 5.32 Å². The van der Waals surface area contributed by atoms with Gasteiger partial charge in [-0.25, -0.2) is 4.39 Å². The van der Waals surface area contributed by atoms with Gasteiger partial charge in [-0.1, -0.05) is 12.1 Å². The first-order chi connectivity index (χ1) is 10.3. The van der Waals surface area contributed by atoms with E-state index >= 15 is 0 Å². The monoisotopic (exact) mass is 293 g/mol. The van der Waals surface area contributed by atoms with E-state index in [4.69, 9.17) is 9.47 Å². The van der Waals surface area contributed by atoms with Gasteiger partial charge in [0.25, 0.3) is 0 Å². The Morgan fingerprint density at radius 3 is 2.76 bits per heavy atom. The molecule has 3 rings (SSSR count). The number of rotatable bonds is 7. The Kier molecular flexibility index (Phi) is 5.22. The average Bonchev–Trinajstić information content (AvgIpc) is 3.32. The van der Waals surface area contributed by atoms with E-state index in [-0.39, 0.29) is 11.9 Å². The summed E-state index contributed by atoms with van der Waals surface area (Å²) in [7, 11) is 0. The average molecular weight is 293 g/mol. The second kappa shape index (κ2) is 7.34. The highest BCUT2D eigenvalue weighted by atomic mass is 19.1. The molecule has 21 heavy (non-hydrogen) atoms. The van der Waals surface area contributed by atoms with Crippen LogP contribution in [-0.2, 0) is 9.47 Å². The molecular formula is C17H24FNO2. The number of benzene rings is 1. The molecule has 2 aliphatic rings. The number of hydrogen-bond acceptors (Lipinski definition) is 3. The van der Waals surface area contributed by atoms with Crippen LogP contribution in [0.5, 0.6) is 0 Å². The minimum Gasteiger partial charge on any atom is -0.381 e. The van der Waals surface area contributed by atoms with E-state index in [1.165, 1.54) is 18.9 Å². The highest BCUT2D eigenvalue weighted by molar-refractivity contribution is 5.19. The zero-order chi connectivity index (χ0) is 14.5. The quantitative estimate of drug-likeness (QED) is 0.838. The minimum absolute atomic E-state index is 0.0656.